The van der Waals surface area contributed by atoms with Crippen molar-refractivity contribution in [2.75, 3.05) is 6.54 Å². The Balaban J connectivity index is 1.68. The van der Waals surface area contributed by atoms with E-state index in [2.05, 4.69) is 41.1 Å². The van der Waals surface area contributed by atoms with Gasteiger partial charge in [0.15, 0.2) is 0 Å². The average Bonchev–Trinajstić information content (AvgIpc) is 3.07. The van der Waals surface area contributed by atoms with Crippen molar-refractivity contribution >= 4 is 17.2 Å². The van der Waals surface area contributed by atoms with Gasteiger partial charge in [-0.25, -0.2) is 4.98 Å². The zero-order chi connectivity index (χ0) is 15.4. The summed E-state index contributed by atoms with van der Waals surface area (Å²) in [4.78, 5) is 19.0. The molecule has 4 heteroatoms. The van der Waals surface area contributed by atoms with Crippen LogP contribution in [-0.4, -0.2) is 22.3 Å². The normalized spacial score (nSPS) is 18.4. The van der Waals surface area contributed by atoms with Gasteiger partial charge >= 0.3 is 0 Å². The average molecular weight is 314 g/mol. The van der Waals surface area contributed by atoms with Gasteiger partial charge in [0.05, 0.1) is 17.2 Å². The summed E-state index contributed by atoms with van der Waals surface area (Å²) in [5, 5.41) is 2.03. The molecule has 22 heavy (non-hydrogen) atoms. The van der Waals surface area contributed by atoms with E-state index in [4.69, 9.17) is 0 Å². The van der Waals surface area contributed by atoms with Crippen LogP contribution >= 0.6 is 11.3 Å². The van der Waals surface area contributed by atoms with Crippen LogP contribution in [0.25, 0.3) is 0 Å². The van der Waals surface area contributed by atoms with Crippen LogP contribution in [0, 0.1) is 6.92 Å². The van der Waals surface area contributed by atoms with Crippen molar-refractivity contribution in [2.45, 2.75) is 45.1 Å². The third-order valence-corrected chi connectivity index (χ3v) is 5.00. The fourth-order valence-electron chi connectivity index (χ4n) is 3.10. The van der Waals surface area contributed by atoms with E-state index >= 15 is 0 Å². The van der Waals surface area contributed by atoms with E-state index in [0.29, 0.717) is 6.42 Å². The molecule has 2 aromatic rings. The van der Waals surface area contributed by atoms with Crippen LogP contribution < -0.4 is 0 Å². The highest BCUT2D eigenvalue weighted by Gasteiger charge is 2.27. The lowest BCUT2D eigenvalue weighted by Gasteiger charge is -2.36. The summed E-state index contributed by atoms with van der Waals surface area (Å²) >= 11 is 1.59. The molecule has 0 bridgehead atoms. The summed E-state index contributed by atoms with van der Waals surface area (Å²) in [5.41, 5.74) is 5.39. The zero-order valence-electron chi connectivity index (χ0n) is 13.0. The van der Waals surface area contributed by atoms with E-state index in [1.54, 1.807) is 11.3 Å². The first kappa shape index (κ1) is 15.2. The van der Waals surface area contributed by atoms with Crippen LogP contribution in [0.5, 0.6) is 0 Å². The van der Waals surface area contributed by atoms with E-state index in [9.17, 15) is 4.79 Å². The van der Waals surface area contributed by atoms with Gasteiger partial charge in [-0.15, -0.1) is 11.3 Å². The number of aromatic nitrogens is 1. The van der Waals surface area contributed by atoms with Crippen LogP contribution in [0.3, 0.4) is 0 Å². The molecule has 2 heterocycles. The largest absolute Gasteiger partial charge is 0.336 e. The minimum atomic E-state index is 0.247. The highest BCUT2D eigenvalue weighted by molar-refractivity contribution is 7.07. The SMILES string of the molecule is Cc1ccc([C@@H]2CCCCN2C(=O)CCc2cscn2)cc1. The number of amides is 1. The molecule has 0 unspecified atom stereocenters. The lowest BCUT2D eigenvalue weighted by atomic mass is 9.94. The molecule has 1 aromatic heterocycles. The molecule has 1 aliphatic heterocycles. The molecule has 0 N–H and O–H groups in total. The second-order valence-corrected chi connectivity index (χ2v) is 6.71. The maximum atomic E-state index is 12.6. The number of nitrogens with zero attached hydrogens (tertiary/aromatic N) is 2. The Kier molecular flexibility index (Phi) is 4.88. The first-order valence-electron chi connectivity index (χ1n) is 7.97. The van der Waals surface area contributed by atoms with Crippen molar-refractivity contribution < 1.29 is 4.79 Å². The summed E-state index contributed by atoms with van der Waals surface area (Å²) in [6.45, 7) is 2.98. The molecule has 1 aromatic carbocycles. The van der Waals surface area contributed by atoms with Gasteiger partial charge in [0, 0.05) is 18.3 Å². The molecular formula is C18H22N2OS. The van der Waals surface area contributed by atoms with Crippen LogP contribution in [-0.2, 0) is 11.2 Å². The second kappa shape index (κ2) is 7.05. The molecule has 0 aliphatic carbocycles. The number of piperidine rings is 1. The molecular weight excluding hydrogens is 292 g/mol. The van der Waals surface area contributed by atoms with E-state index in [-0.39, 0.29) is 11.9 Å². The predicted molar refractivity (Wildman–Crippen MR) is 89.9 cm³/mol. The van der Waals surface area contributed by atoms with Crippen molar-refractivity contribution in [2.24, 2.45) is 0 Å². The summed E-state index contributed by atoms with van der Waals surface area (Å²) in [6, 6.07) is 8.87. The predicted octanol–water partition coefficient (Wildman–Crippen LogP) is 4.14. The van der Waals surface area contributed by atoms with Gasteiger partial charge in [-0.1, -0.05) is 29.8 Å². The lowest BCUT2D eigenvalue weighted by Crippen LogP contribution is -2.38. The Bertz CT molecular complexity index is 607. The van der Waals surface area contributed by atoms with Gasteiger partial charge in [-0.3, -0.25) is 4.79 Å². The molecule has 0 spiro atoms. The Morgan fingerprint density at radius 3 is 2.86 bits per heavy atom. The fraction of sp³-hybridized carbons (Fsp3) is 0.444. The highest BCUT2D eigenvalue weighted by Crippen LogP contribution is 2.31. The standard InChI is InChI=1S/C18H22N2OS/c1-14-5-7-15(8-6-14)17-4-2-3-11-20(17)18(21)10-9-16-12-22-13-19-16/h5-8,12-13,17H,2-4,9-11H2,1H3/t17-/m0/s1. The number of aryl methyl sites for hydroxylation is 2. The summed E-state index contributed by atoms with van der Waals surface area (Å²) in [7, 11) is 0. The number of carbonyl (C=O) groups is 1. The molecule has 1 atom stereocenters. The minimum Gasteiger partial charge on any atom is -0.336 e. The van der Waals surface area contributed by atoms with E-state index in [1.807, 2.05) is 10.9 Å². The number of hydrogen-bond donors (Lipinski definition) is 0. The Hall–Kier alpha value is -1.68. The molecule has 1 saturated heterocycles. The Labute approximate surface area is 136 Å². The first-order valence-corrected chi connectivity index (χ1v) is 8.91. The number of hydrogen-bond acceptors (Lipinski definition) is 3. The highest BCUT2D eigenvalue weighted by atomic mass is 32.1. The first-order chi connectivity index (χ1) is 10.7. The number of rotatable bonds is 4. The maximum absolute atomic E-state index is 12.6. The fourth-order valence-corrected chi connectivity index (χ4v) is 3.70. The van der Waals surface area contributed by atoms with Crippen molar-refractivity contribution in [1.82, 2.24) is 9.88 Å². The van der Waals surface area contributed by atoms with Gasteiger partial charge < -0.3 is 4.90 Å². The van der Waals surface area contributed by atoms with Gasteiger partial charge in [-0.2, -0.15) is 0 Å². The smallest absolute Gasteiger partial charge is 0.223 e. The Morgan fingerprint density at radius 1 is 1.32 bits per heavy atom. The molecule has 0 radical (unpaired) electrons. The van der Waals surface area contributed by atoms with Crippen LogP contribution in [0.2, 0.25) is 0 Å². The van der Waals surface area contributed by atoms with Crippen molar-refractivity contribution in [3.63, 3.8) is 0 Å². The third-order valence-electron chi connectivity index (χ3n) is 4.36. The van der Waals surface area contributed by atoms with Crippen LogP contribution in [0.1, 0.15) is 48.5 Å². The zero-order valence-corrected chi connectivity index (χ0v) is 13.8. The molecule has 0 saturated carbocycles. The summed E-state index contributed by atoms with van der Waals surface area (Å²) in [5.74, 6) is 0.262. The molecule has 1 aliphatic rings. The Morgan fingerprint density at radius 2 is 2.14 bits per heavy atom. The molecule has 116 valence electrons. The monoisotopic (exact) mass is 314 g/mol. The quantitative estimate of drug-likeness (QED) is 0.850. The van der Waals surface area contributed by atoms with Crippen LogP contribution in [0.4, 0.5) is 0 Å². The van der Waals surface area contributed by atoms with Gasteiger partial charge in [0.1, 0.15) is 0 Å². The number of thiazole rings is 1. The molecule has 1 amide bonds. The van der Waals surface area contributed by atoms with E-state index in [0.717, 1.165) is 31.5 Å². The maximum Gasteiger partial charge on any atom is 0.223 e. The summed E-state index contributed by atoms with van der Waals surface area (Å²) < 4.78 is 0. The number of benzene rings is 1. The molecule has 3 nitrogen and oxygen atoms in total. The number of carbonyl (C=O) groups excluding carboxylic acids is 1. The van der Waals surface area contributed by atoms with Crippen molar-refractivity contribution in [1.29, 1.82) is 0 Å². The van der Waals surface area contributed by atoms with E-state index < -0.39 is 0 Å². The molecule has 1 fully saturated rings. The topological polar surface area (TPSA) is 33.2 Å². The van der Waals surface area contributed by atoms with Gasteiger partial charge in [0.25, 0.3) is 0 Å². The van der Waals surface area contributed by atoms with Gasteiger partial charge in [-0.05, 0) is 38.2 Å². The minimum absolute atomic E-state index is 0.247. The van der Waals surface area contributed by atoms with E-state index in [1.165, 1.54) is 17.5 Å². The lowest BCUT2D eigenvalue weighted by molar-refractivity contribution is -0.135. The molecule has 3 rings (SSSR count). The second-order valence-electron chi connectivity index (χ2n) is 5.99. The third kappa shape index (κ3) is 3.55. The van der Waals surface area contributed by atoms with Crippen molar-refractivity contribution in [3.8, 4) is 0 Å². The summed E-state index contributed by atoms with van der Waals surface area (Å²) in [6.07, 6.45) is 4.70. The van der Waals surface area contributed by atoms with Crippen LogP contribution in [0.15, 0.2) is 35.2 Å². The van der Waals surface area contributed by atoms with Gasteiger partial charge in [0.2, 0.25) is 5.91 Å². The van der Waals surface area contributed by atoms with Crippen molar-refractivity contribution in [3.05, 3.63) is 52.0 Å². The number of likely N-dealkylation sites (tertiary alicyclic amines) is 1.